The SMILES string of the molecule is N#Cc1[nH]oo[nH]c1C#N. The molecule has 0 amide bonds. The lowest BCUT2D eigenvalue weighted by Crippen LogP contribution is -1.90. The number of nitrogens with zero attached hydrogens (tertiary/aromatic N) is 2. The Morgan fingerprint density at radius 2 is 1.40 bits per heavy atom. The van der Waals surface area contributed by atoms with Gasteiger partial charge in [-0.1, -0.05) is 0 Å². The molecule has 6 nitrogen and oxygen atoms in total. The minimum absolute atomic E-state index is 0.00579. The highest BCUT2D eigenvalue weighted by molar-refractivity contribution is 5.31. The molecule has 0 aliphatic rings. The molecule has 0 radical (unpaired) electrons. The molecule has 0 aromatic carbocycles. The van der Waals surface area contributed by atoms with Crippen molar-refractivity contribution in [3.8, 4) is 12.1 Å². The first-order valence-corrected chi connectivity index (χ1v) is 2.27. The molecule has 0 bridgehead atoms. The number of nitriles is 2. The van der Waals surface area contributed by atoms with Crippen molar-refractivity contribution in [2.75, 3.05) is 0 Å². The van der Waals surface area contributed by atoms with Crippen LogP contribution in [0, 0.1) is 22.7 Å². The maximum atomic E-state index is 8.30. The van der Waals surface area contributed by atoms with Crippen LogP contribution < -0.4 is 0 Å². The fraction of sp³-hybridized carbons (Fsp3) is 0. The first kappa shape index (κ1) is 6.05. The number of hydrogen-bond donors (Lipinski definition) is 2. The summed E-state index contributed by atoms with van der Waals surface area (Å²) < 4.78 is 8.22. The number of hydrogen-bond acceptors (Lipinski definition) is 4. The smallest absolute Gasteiger partial charge is 0.190 e. The molecule has 0 atom stereocenters. The molecule has 0 unspecified atom stereocenters. The Hall–Kier alpha value is -2.08. The van der Waals surface area contributed by atoms with E-state index in [9.17, 15) is 0 Å². The third-order valence-electron chi connectivity index (χ3n) is 0.803. The highest BCUT2D eigenvalue weighted by atomic mass is 17.0. The van der Waals surface area contributed by atoms with E-state index >= 15 is 0 Å². The fourth-order valence-corrected chi connectivity index (χ4v) is 0.385. The van der Waals surface area contributed by atoms with Gasteiger partial charge in [-0.3, -0.25) is 0 Å². The monoisotopic (exact) mass is 138 g/mol. The van der Waals surface area contributed by atoms with Crippen LogP contribution in [0.15, 0.2) is 9.36 Å². The van der Waals surface area contributed by atoms with Crippen LogP contribution >= 0.6 is 0 Å². The van der Waals surface area contributed by atoms with Gasteiger partial charge in [-0.2, -0.15) is 30.2 Å². The number of aromatic nitrogens is 2. The van der Waals surface area contributed by atoms with E-state index in [1.54, 1.807) is 12.1 Å². The Morgan fingerprint density at radius 1 is 1.00 bits per heavy atom. The van der Waals surface area contributed by atoms with E-state index in [2.05, 4.69) is 19.7 Å². The lowest BCUT2D eigenvalue weighted by atomic mass is 10.4. The second-order valence-corrected chi connectivity index (χ2v) is 1.34. The summed E-state index contributed by atoms with van der Waals surface area (Å²) in [4.78, 5) is 0. The van der Waals surface area contributed by atoms with Gasteiger partial charge in [0.05, 0.1) is 0 Å². The molecule has 0 aliphatic carbocycles. The maximum absolute atomic E-state index is 8.30. The second kappa shape index (κ2) is 2.46. The van der Waals surface area contributed by atoms with Gasteiger partial charge in [0, 0.05) is 0 Å². The minimum Gasteiger partial charge on any atom is -0.191 e. The largest absolute Gasteiger partial charge is 0.191 e. The predicted octanol–water partition coefficient (Wildman–Crippen LogP) is 0.397. The van der Waals surface area contributed by atoms with Gasteiger partial charge in [0.15, 0.2) is 11.4 Å². The van der Waals surface area contributed by atoms with Crippen LogP contribution in [0.5, 0.6) is 0 Å². The Kier molecular flexibility index (Phi) is 1.49. The lowest BCUT2D eigenvalue weighted by Gasteiger charge is -1.87. The van der Waals surface area contributed by atoms with E-state index in [1.807, 2.05) is 0 Å². The van der Waals surface area contributed by atoms with Gasteiger partial charge in [0.2, 0.25) is 0 Å². The van der Waals surface area contributed by atoms with Gasteiger partial charge in [-0.15, -0.1) is 0 Å². The summed E-state index contributed by atoms with van der Waals surface area (Å²) in [7, 11) is 0. The average Bonchev–Trinajstić information content (AvgIpc) is 2.04. The normalized spacial score (nSPS) is 7.80. The zero-order valence-electron chi connectivity index (χ0n) is 4.71. The highest BCUT2D eigenvalue weighted by Crippen LogP contribution is 1.95. The van der Waals surface area contributed by atoms with Crippen LogP contribution in [0.3, 0.4) is 0 Å². The molecule has 1 heterocycles. The zero-order valence-corrected chi connectivity index (χ0v) is 4.71. The minimum atomic E-state index is -0.00579. The van der Waals surface area contributed by atoms with E-state index in [4.69, 9.17) is 10.5 Å². The Bertz CT molecular complexity index is 290. The van der Waals surface area contributed by atoms with Crippen molar-refractivity contribution >= 4 is 0 Å². The van der Waals surface area contributed by atoms with E-state index in [0.717, 1.165) is 0 Å². The van der Waals surface area contributed by atoms with Gasteiger partial charge in [0.1, 0.15) is 12.1 Å². The molecule has 0 saturated heterocycles. The third kappa shape index (κ3) is 0.858. The Morgan fingerprint density at radius 3 is 1.70 bits per heavy atom. The summed E-state index contributed by atoms with van der Waals surface area (Å²) in [6.07, 6.45) is 0. The molecular formula is C4H2N4O2. The standard InChI is InChI=1S/C4H2N4O2/c5-1-3-4(2-6)8-10-9-7-3/h7-8H. The number of nitrogens with one attached hydrogen (secondary N) is 2. The molecule has 1 rings (SSSR count). The topological polar surface area (TPSA) is 105 Å². The van der Waals surface area contributed by atoms with E-state index in [0.29, 0.717) is 0 Å². The van der Waals surface area contributed by atoms with Crippen molar-refractivity contribution in [3.63, 3.8) is 0 Å². The first-order valence-electron chi connectivity index (χ1n) is 2.27. The van der Waals surface area contributed by atoms with Crippen LogP contribution in [-0.2, 0) is 0 Å². The molecule has 2 N–H and O–H groups in total. The van der Waals surface area contributed by atoms with Gasteiger partial charge in [-0.05, 0) is 0 Å². The van der Waals surface area contributed by atoms with Gasteiger partial charge in [-0.25, -0.2) is 0 Å². The Labute approximate surface area is 54.8 Å². The van der Waals surface area contributed by atoms with Crippen LogP contribution in [0.1, 0.15) is 11.4 Å². The predicted molar refractivity (Wildman–Crippen MR) is 26.7 cm³/mol. The van der Waals surface area contributed by atoms with Crippen molar-refractivity contribution in [2.24, 2.45) is 0 Å². The summed E-state index contributed by atoms with van der Waals surface area (Å²) in [5, 5.41) is 20.8. The molecule has 50 valence electrons. The third-order valence-corrected chi connectivity index (χ3v) is 0.803. The quantitative estimate of drug-likeness (QED) is 0.506. The number of H-pyrrole nitrogens is 2. The van der Waals surface area contributed by atoms with Crippen molar-refractivity contribution in [1.29, 1.82) is 10.5 Å². The van der Waals surface area contributed by atoms with Crippen molar-refractivity contribution < 1.29 is 9.36 Å². The lowest BCUT2D eigenvalue weighted by molar-refractivity contribution is -0.0685. The number of aromatic amines is 2. The molecule has 0 saturated carbocycles. The molecule has 0 fully saturated rings. The summed E-state index contributed by atoms with van der Waals surface area (Å²) >= 11 is 0. The molecule has 6 heteroatoms. The summed E-state index contributed by atoms with van der Waals surface area (Å²) in [6.45, 7) is 0. The zero-order chi connectivity index (χ0) is 7.40. The Balaban J connectivity index is 3.28. The molecule has 0 spiro atoms. The maximum Gasteiger partial charge on any atom is 0.190 e. The van der Waals surface area contributed by atoms with Crippen LogP contribution in [-0.4, -0.2) is 10.3 Å². The fourth-order valence-electron chi connectivity index (χ4n) is 0.385. The van der Waals surface area contributed by atoms with Crippen molar-refractivity contribution in [1.82, 2.24) is 10.3 Å². The van der Waals surface area contributed by atoms with E-state index in [1.165, 1.54) is 0 Å². The second-order valence-electron chi connectivity index (χ2n) is 1.34. The van der Waals surface area contributed by atoms with Crippen molar-refractivity contribution in [2.45, 2.75) is 0 Å². The molecular weight excluding hydrogens is 136 g/mol. The molecule has 1 aromatic heterocycles. The summed E-state index contributed by atoms with van der Waals surface area (Å²) in [5.74, 6) is 0. The molecule has 1 aromatic rings. The van der Waals surface area contributed by atoms with E-state index < -0.39 is 0 Å². The number of rotatable bonds is 0. The van der Waals surface area contributed by atoms with E-state index in [-0.39, 0.29) is 11.4 Å². The van der Waals surface area contributed by atoms with Crippen molar-refractivity contribution in [3.05, 3.63) is 11.4 Å². The molecule has 10 heavy (non-hydrogen) atoms. The van der Waals surface area contributed by atoms with Gasteiger partial charge in [0.25, 0.3) is 0 Å². The average molecular weight is 138 g/mol. The first-order chi connectivity index (χ1) is 4.88. The van der Waals surface area contributed by atoms with Crippen LogP contribution in [0.4, 0.5) is 0 Å². The summed E-state index contributed by atoms with van der Waals surface area (Å²) in [5.41, 5.74) is -0.0116. The van der Waals surface area contributed by atoms with Crippen LogP contribution in [0.25, 0.3) is 0 Å². The molecule has 0 aliphatic heterocycles. The van der Waals surface area contributed by atoms with Crippen LogP contribution in [0.2, 0.25) is 0 Å². The van der Waals surface area contributed by atoms with Gasteiger partial charge >= 0.3 is 0 Å². The highest BCUT2D eigenvalue weighted by Gasteiger charge is 2.00. The van der Waals surface area contributed by atoms with Gasteiger partial charge < -0.3 is 0 Å². The summed E-state index contributed by atoms with van der Waals surface area (Å²) in [6, 6.07) is 3.37.